The van der Waals surface area contributed by atoms with Gasteiger partial charge in [-0.05, 0) is 19.3 Å². The van der Waals surface area contributed by atoms with E-state index in [9.17, 15) is 14.4 Å². The Morgan fingerprint density at radius 2 is 1.94 bits per heavy atom. The highest BCUT2D eigenvalue weighted by Gasteiger charge is 2.37. The third-order valence-electron chi connectivity index (χ3n) is 3.38. The monoisotopic (exact) mass is 240 g/mol. The minimum absolute atomic E-state index is 0.0875. The van der Waals surface area contributed by atoms with Gasteiger partial charge in [0.15, 0.2) is 0 Å². The van der Waals surface area contributed by atoms with Crippen LogP contribution in [0.2, 0.25) is 0 Å². The van der Waals surface area contributed by atoms with Crippen molar-refractivity contribution >= 4 is 17.8 Å². The number of hydrogen-bond donors (Lipinski definition) is 1. The first-order chi connectivity index (χ1) is 8.09. The molecule has 0 radical (unpaired) electrons. The van der Waals surface area contributed by atoms with E-state index < -0.39 is 12.0 Å². The molecule has 2 amide bonds. The molecule has 1 atom stereocenters. The second-order valence-corrected chi connectivity index (χ2v) is 4.50. The quantitative estimate of drug-likeness (QED) is 0.733. The fourth-order valence-electron chi connectivity index (χ4n) is 2.40. The van der Waals surface area contributed by atoms with E-state index in [-0.39, 0.29) is 24.8 Å². The molecule has 2 heterocycles. The number of likely N-dealkylation sites (tertiary alicyclic amines) is 2. The molecule has 2 aliphatic rings. The van der Waals surface area contributed by atoms with Gasteiger partial charge in [0.2, 0.25) is 11.8 Å². The van der Waals surface area contributed by atoms with Crippen LogP contribution in [-0.2, 0) is 14.4 Å². The van der Waals surface area contributed by atoms with Gasteiger partial charge in [-0.15, -0.1) is 0 Å². The van der Waals surface area contributed by atoms with Gasteiger partial charge in [-0.25, -0.2) is 4.79 Å². The predicted molar refractivity (Wildman–Crippen MR) is 58.2 cm³/mol. The van der Waals surface area contributed by atoms with Crippen LogP contribution >= 0.6 is 0 Å². The van der Waals surface area contributed by atoms with Crippen molar-refractivity contribution in [3.8, 4) is 0 Å². The number of nitrogens with zero attached hydrogens (tertiary/aromatic N) is 2. The summed E-state index contributed by atoms with van der Waals surface area (Å²) in [5, 5.41) is 8.96. The van der Waals surface area contributed by atoms with E-state index in [0.717, 1.165) is 25.9 Å². The van der Waals surface area contributed by atoms with Crippen LogP contribution in [0, 0.1) is 0 Å². The standard InChI is InChI=1S/C11H16N2O4/c14-9-4-3-8(11(16)17)13(9)7-10(15)12-5-1-2-6-12/h8H,1-7H2,(H,16,17). The molecule has 0 spiro atoms. The number of aliphatic carboxylic acids is 1. The van der Waals surface area contributed by atoms with Crippen LogP contribution in [0.5, 0.6) is 0 Å². The highest BCUT2D eigenvalue weighted by atomic mass is 16.4. The third-order valence-corrected chi connectivity index (χ3v) is 3.38. The van der Waals surface area contributed by atoms with Gasteiger partial charge in [0.25, 0.3) is 0 Å². The van der Waals surface area contributed by atoms with Crippen molar-refractivity contribution in [3.63, 3.8) is 0 Å². The maximum absolute atomic E-state index is 11.9. The number of carbonyl (C=O) groups is 3. The summed E-state index contributed by atoms with van der Waals surface area (Å²) in [6.45, 7) is 1.35. The van der Waals surface area contributed by atoms with Gasteiger partial charge in [-0.3, -0.25) is 9.59 Å². The first kappa shape index (κ1) is 11.9. The summed E-state index contributed by atoms with van der Waals surface area (Å²) < 4.78 is 0. The Kier molecular flexibility index (Phi) is 3.31. The van der Waals surface area contributed by atoms with Gasteiger partial charge in [0, 0.05) is 19.5 Å². The lowest BCUT2D eigenvalue weighted by Gasteiger charge is -2.24. The van der Waals surface area contributed by atoms with Crippen LogP contribution in [-0.4, -0.2) is 58.4 Å². The summed E-state index contributed by atoms with van der Waals surface area (Å²) in [4.78, 5) is 37.2. The molecule has 2 saturated heterocycles. The number of carbonyl (C=O) groups excluding carboxylic acids is 2. The van der Waals surface area contributed by atoms with E-state index >= 15 is 0 Å². The van der Waals surface area contributed by atoms with Crippen LogP contribution < -0.4 is 0 Å². The Hall–Kier alpha value is -1.59. The van der Waals surface area contributed by atoms with Crippen LogP contribution in [0.25, 0.3) is 0 Å². The van der Waals surface area contributed by atoms with Crippen LogP contribution in [0.3, 0.4) is 0 Å². The van der Waals surface area contributed by atoms with Crippen LogP contribution in [0.4, 0.5) is 0 Å². The molecular formula is C11H16N2O4. The topological polar surface area (TPSA) is 77.9 Å². The van der Waals surface area contributed by atoms with E-state index in [0.29, 0.717) is 6.42 Å². The molecule has 0 aromatic carbocycles. The lowest BCUT2D eigenvalue weighted by atomic mass is 10.2. The number of carboxylic acids is 1. The number of hydrogen-bond acceptors (Lipinski definition) is 3. The fourth-order valence-corrected chi connectivity index (χ4v) is 2.40. The summed E-state index contributed by atoms with van der Waals surface area (Å²) >= 11 is 0. The Morgan fingerprint density at radius 3 is 2.53 bits per heavy atom. The molecule has 0 saturated carbocycles. The van der Waals surface area contributed by atoms with Crippen molar-refractivity contribution in [2.45, 2.75) is 31.7 Å². The molecule has 2 aliphatic heterocycles. The first-order valence-electron chi connectivity index (χ1n) is 5.89. The summed E-state index contributed by atoms with van der Waals surface area (Å²) in [5.41, 5.74) is 0. The molecule has 0 bridgehead atoms. The summed E-state index contributed by atoms with van der Waals surface area (Å²) in [6.07, 6.45) is 2.51. The Balaban J connectivity index is 1.98. The van der Waals surface area contributed by atoms with Gasteiger partial charge in [0.1, 0.15) is 12.6 Å². The zero-order valence-corrected chi connectivity index (χ0v) is 9.59. The SMILES string of the molecule is O=C(O)C1CCC(=O)N1CC(=O)N1CCCC1. The van der Waals surface area contributed by atoms with Crippen LogP contribution in [0.15, 0.2) is 0 Å². The van der Waals surface area contributed by atoms with Crippen molar-refractivity contribution in [2.24, 2.45) is 0 Å². The lowest BCUT2D eigenvalue weighted by molar-refractivity contribution is -0.148. The minimum atomic E-state index is -1.02. The Bertz CT molecular complexity index is 349. The highest BCUT2D eigenvalue weighted by molar-refractivity contribution is 5.91. The number of amides is 2. The van der Waals surface area contributed by atoms with Crippen LogP contribution in [0.1, 0.15) is 25.7 Å². The molecule has 6 nitrogen and oxygen atoms in total. The van der Waals surface area contributed by atoms with E-state index in [1.54, 1.807) is 4.90 Å². The second-order valence-electron chi connectivity index (χ2n) is 4.50. The zero-order valence-electron chi connectivity index (χ0n) is 9.59. The van der Waals surface area contributed by atoms with Crippen molar-refractivity contribution in [1.82, 2.24) is 9.80 Å². The summed E-state index contributed by atoms with van der Waals surface area (Å²) in [6, 6.07) is -0.825. The normalized spacial score (nSPS) is 24.5. The molecule has 94 valence electrons. The third kappa shape index (κ3) is 2.40. The average Bonchev–Trinajstić information content (AvgIpc) is 2.89. The predicted octanol–water partition coefficient (Wildman–Crippen LogP) is -0.316. The number of rotatable bonds is 3. The highest BCUT2D eigenvalue weighted by Crippen LogP contribution is 2.19. The maximum atomic E-state index is 11.9. The number of carboxylic acid groups (broad SMARTS) is 1. The van der Waals surface area contributed by atoms with Gasteiger partial charge in [-0.2, -0.15) is 0 Å². The molecule has 2 fully saturated rings. The van der Waals surface area contributed by atoms with Gasteiger partial charge in [0.05, 0.1) is 0 Å². The molecule has 0 aliphatic carbocycles. The van der Waals surface area contributed by atoms with Crippen molar-refractivity contribution in [2.75, 3.05) is 19.6 Å². The summed E-state index contributed by atoms with van der Waals surface area (Å²) in [7, 11) is 0. The van der Waals surface area contributed by atoms with Gasteiger partial charge in [-0.1, -0.05) is 0 Å². The maximum Gasteiger partial charge on any atom is 0.326 e. The second kappa shape index (κ2) is 4.73. The molecule has 1 unspecified atom stereocenters. The largest absolute Gasteiger partial charge is 0.480 e. The summed E-state index contributed by atoms with van der Waals surface area (Å²) in [5.74, 6) is -1.39. The average molecular weight is 240 g/mol. The van der Waals surface area contributed by atoms with Crippen molar-refractivity contribution < 1.29 is 19.5 Å². The molecule has 17 heavy (non-hydrogen) atoms. The van der Waals surface area contributed by atoms with E-state index in [4.69, 9.17) is 5.11 Å². The first-order valence-corrected chi connectivity index (χ1v) is 5.89. The molecule has 2 rings (SSSR count). The van der Waals surface area contributed by atoms with Gasteiger partial charge >= 0.3 is 5.97 Å². The molecular weight excluding hydrogens is 224 g/mol. The van der Waals surface area contributed by atoms with Gasteiger partial charge < -0.3 is 14.9 Å². The molecule has 1 N–H and O–H groups in total. The van der Waals surface area contributed by atoms with E-state index in [1.807, 2.05) is 0 Å². The van der Waals surface area contributed by atoms with E-state index in [1.165, 1.54) is 4.90 Å². The van der Waals surface area contributed by atoms with Crippen molar-refractivity contribution in [1.29, 1.82) is 0 Å². The lowest BCUT2D eigenvalue weighted by Crippen LogP contribution is -2.45. The molecule has 0 aromatic rings. The Labute approximate surface area is 99.2 Å². The zero-order chi connectivity index (χ0) is 12.4. The minimum Gasteiger partial charge on any atom is -0.480 e. The smallest absolute Gasteiger partial charge is 0.326 e. The molecule has 0 aromatic heterocycles. The van der Waals surface area contributed by atoms with Crippen molar-refractivity contribution in [3.05, 3.63) is 0 Å². The van der Waals surface area contributed by atoms with E-state index in [2.05, 4.69) is 0 Å². The Morgan fingerprint density at radius 1 is 1.29 bits per heavy atom. The fraction of sp³-hybridized carbons (Fsp3) is 0.727. The molecule has 6 heteroatoms.